The van der Waals surface area contributed by atoms with Gasteiger partial charge in [0.05, 0.1) is 18.7 Å². The number of halogens is 5. The Labute approximate surface area is 108 Å². The highest BCUT2D eigenvalue weighted by Gasteiger charge is 2.33. The molecule has 1 heterocycles. The van der Waals surface area contributed by atoms with Crippen LogP contribution in [0.5, 0.6) is 11.6 Å². The van der Waals surface area contributed by atoms with Crippen molar-refractivity contribution in [3.63, 3.8) is 0 Å². The van der Waals surface area contributed by atoms with Gasteiger partial charge in [0.15, 0.2) is 5.75 Å². The average Bonchev–Trinajstić information content (AvgIpc) is 2.18. The third kappa shape index (κ3) is 3.55. The zero-order chi connectivity index (χ0) is 12.3. The predicted molar refractivity (Wildman–Crippen MR) is 59.7 cm³/mol. The Bertz CT molecular complexity index is 386. The molecule has 0 unspecified atom stereocenters. The molecule has 3 nitrogen and oxygen atoms in total. The number of nitrogens with zero attached hydrogens (tertiary/aromatic N) is 1. The van der Waals surface area contributed by atoms with Crippen molar-refractivity contribution in [3.8, 4) is 11.6 Å². The molecule has 0 aromatic carbocycles. The Balaban J connectivity index is 3.15. The molecule has 1 aromatic rings. The van der Waals surface area contributed by atoms with Gasteiger partial charge in [0.2, 0.25) is 0 Å². The summed E-state index contributed by atoms with van der Waals surface area (Å²) in [5.74, 6) is -0.724. The van der Waals surface area contributed by atoms with E-state index in [2.05, 4.69) is 9.72 Å². The molecule has 0 amide bonds. The van der Waals surface area contributed by atoms with Crippen molar-refractivity contribution in [2.45, 2.75) is 12.2 Å². The Morgan fingerprint density at radius 3 is 2.56 bits per heavy atom. The monoisotopic (exact) mass is 367 g/mol. The molecule has 0 saturated carbocycles. The van der Waals surface area contributed by atoms with Crippen LogP contribution in [0.1, 0.15) is 5.69 Å². The normalized spacial score (nSPS) is 11.4. The lowest BCUT2D eigenvalue weighted by molar-refractivity contribution is -0.276. The summed E-state index contributed by atoms with van der Waals surface area (Å²) in [5, 5.41) is 0. The topological polar surface area (TPSA) is 31.4 Å². The molecule has 0 aliphatic rings. The van der Waals surface area contributed by atoms with Crippen LogP contribution >= 0.6 is 34.2 Å². The van der Waals surface area contributed by atoms with Gasteiger partial charge in [0, 0.05) is 9.64 Å². The summed E-state index contributed by atoms with van der Waals surface area (Å²) in [5.41, 5.74) is 0.308. The van der Waals surface area contributed by atoms with Crippen molar-refractivity contribution < 1.29 is 22.6 Å². The van der Waals surface area contributed by atoms with Gasteiger partial charge in [-0.3, -0.25) is 0 Å². The first-order valence-corrected chi connectivity index (χ1v) is 5.54. The highest BCUT2D eigenvalue weighted by molar-refractivity contribution is 14.1. The number of hydrogen-bond donors (Lipinski definition) is 0. The van der Waals surface area contributed by atoms with E-state index in [1.54, 1.807) is 0 Å². The minimum Gasteiger partial charge on any atom is -0.491 e. The first-order chi connectivity index (χ1) is 7.37. The molecule has 16 heavy (non-hydrogen) atoms. The molecule has 1 aromatic heterocycles. The van der Waals surface area contributed by atoms with Crippen LogP contribution in [0.15, 0.2) is 6.07 Å². The third-order valence-electron chi connectivity index (χ3n) is 1.54. The lowest BCUT2D eigenvalue weighted by Gasteiger charge is -2.13. The standard InChI is InChI=1S/C8H6ClF3INO2/c1-15-6-2-4(13)5(3-9)14-7(6)16-8(10,11)12/h2H,3H2,1H3. The molecular formula is C8H6ClF3INO2. The van der Waals surface area contributed by atoms with E-state index in [0.29, 0.717) is 9.26 Å². The van der Waals surface area contributed by atoms with Gasteiger partial charge in [0.25, 0.3) is 5.88 Å². The van der Waals surface area contributed by atoms with Crippen LogP contribution in [-0.4, -0.2) is 18.5 Å². The zero-order valence-corrected chi connectivity index (χ0v) is 10.9. The minimum absolute atomic E-state index is 0.00349. The van der Waals surface area contributed by atoms with Gasteiger partial charge >= 0.3 is 6.36 Å². The minimum atomic E-state index is -4.81. The van der Waals surface area contributed by atoms with Crippen molar-refractivity contribution in [2.24, 2.45) is 0 Å². The SMILES string of the molecule is COc1cc(I)c(CCl)nc1OC(F)(F)F. The van der Waals surface area contributed by atoms with E-state index in [4.69, 9.17) is 16.3 Å². The fourth-order valence-corrected chi connectivity index (χ4v) is 1.94. The number of methoxy groups -OCH3 is 1. The molecule has 0 aliphatic heterocycles. The maximum absolute atomic E-state index is 12.0. The second-order valence-electron chi connectivity index (χ2n) is 2.61. The molecule has 0 radical (unpaired) electrons. The van der Waals surface area contributed by atoms with Crippen LogP contribution in [-0.2, 0) is 5.88 Å². The summed E-state index contributed by atoms with van der Waals surface area (Å²) in [6.45, 7) is 0. The number of pyridine rings is 1. The highest BCUT2D eigenvalue weighted by atomic mass is 127. The second kappa shape index (κ2) is 5.26. The number of rotatable bonds is 3. The fourth-order valence-electron chi connectivity index (χ4n) is 0.914. The van der Waals surface area contributed by atoms with Crippen molar-refractivity contribution in [3.05, 3.63) is 15.3 Å². The second-order valence-corrected chi connectivity index (χ2v) is 4.04. The first kappa shape index (κ1) is 13.6. The molecule has 1 rings (SSSR count). The first-order valence-electron chi connectivity index (χ1n) is 3.92. The molecule has 90 valence electrons. The van der Waals surface area contributed by atoms with Gasteiger partial charge in [-0.15, -0.1) is 24.8 Å². The molecule has 0 spiro atoms. The van der Waals surface area contributed by atoms with E-state index in [1.165, 1.54) is 13.2 Å². The number of ether oxygens (including phenoxy) is 2. The lowest BCUT2D eigenvalue weighted by Crippen LogP contribution is -2.19. The Hall–Kier alpha value is -0.440. The van der Waals surface area contributed by atoms with E-state index in [1.807, 2.05) is 22.6 Å². The summed E-state index contributed by atoms with van der Waals surface area (Å²) < 4.78 is 45.2. The molecular weight excluding hydrogens is 361 g/mol. The van der Waals surface area contributed by atoms with Crippen LogP contribution in [0.3, 0.4) is 0 Å². The maximum Gasteiger partial charge on any atom is 0.574 e. The Morgan fingerprint density at radius 1 is 1.50 bits per heavy atom. The van der Waals surface area contributed by atoms with Gasteiger partial charge in [-0.05, 0) is 22.6 Å². The van der Waals surface area contributed by atoms with Crippen LogP contribution in [0.4, 0.5) is 13.2 Å². The number of alkyl halides is 4. The van der Waals surface area contributed by atoms with Crippen molar-refractivity contribution in [2.75, 3.05) is 7.11 Å². The smallest absolute Gasteiger partial charge is 0.491 e. The molecule has 0 N–H and O–H groups in total. The maximum atomic E-state index is 12.0. The summed E-state index contributed by atoms with van der Waals surface area (Å²) >= 11 is 7.43. The van der Waals surface area contributed by atoms with Crippen LogP contribution in [0, 0.1) is 3.57 Å². The molecule has 0 saturated heterocycles. The van der Waals surface area contributed by atoms with E-state index < -0.39 is 12.2 Å². The van der Waals surface area contributed by atoms with E-state index in [-0.39, 0.29) is 11.6 Å². The molecule has 0 atom stereocenters. The zero-order valence-electron chi connectivity index (χ0n) is 7.94. The molecule has 0 bridgehead atoms. The number of hydrogen-bond acceptors (Lipinski definition) is 3. The van der Waals surface area contributed by atoms with Gasteiger partial charge < -0.3 is 9.47 Å². The van der Waals surface area contributed by atoms with Gasteiger partial charge in [0.1, 0.15) is 0 Å². The van der Waals surface area contributed by atoms with Gasteiger partial charge in [-0.2, -0.15) is 0 Å². The van der Waals surface area contributed by atoms with Crippen molar-refractivity contribution in [1.82, 2.24) is 4.98 Å². The van der Waals surface area contributed by atoms with Crippen molar-refractivity contribution >= 4 is 34.2 Å². The van der Waals surface area contributed by atoms with Crippen LogP contribution in [0.25, 0.3) is 0 Å². The van der Waals surface area contributed by atoms with Gasteiger partial charge in [-0.1, -0.05) is 0 Å². The van der Waals surface area contributed by atoms with E-state index >= 15 is 0 Å². The fraction of sp³-hybridized carbons (Fsp3) is 0.375. The highest BCUT2D eigenvalue weighted by Crippen LogP contribution is 2.32. The summed E-state index contributed by atoms with van der Waals surface area (Å²) in [7, 11) is 1.23. The summed E-state index contributed by atoms with van der Waals surface area (Å²) in [6.07, 6.45) is -4.81. The average molecular weight is 367 g/mol. The molecule has 8 heteroatoms. The Morgan fingerprint density at radius 2 is 2.12 bits per heavy atom. The number of aromatic nitrogens is 1. The summed E-state index contributed by atoms with van der Waals surface area (Å²) in [6, 6.07) is 1.38. The van der Waals surface area contributed by atoms with Crippen molar-refractivity contribution in [1.29, 1.82) is 0 Å². The molecule has 0 aliphatic carbocycles. The van der Waals surface area contributed by atoms with Crippen LogP contribution in [0.2, 0.25) is 0 Å². The largest absolute Gasteiger partial charge is 0.574 e. The van der Waals surface area contributed by atoms with Crippen LogP contribution < -0.4 is 9.47 Å². The predicted octanol–water partition coefficient (Wildman–Crippen LogP) is 3.33. The van der Waals surface area contributed by atoms with E-state index in [0.717, 1.165) is 0 Å². The lowest BCUT2D eigenvalue weighted by atomic mass is 10.3. The third-order valence-corrected chi connectivity index (χ3v) is 2.73. The molecule has 0 fully saturated rings. The van der Waals surface area contributed by atoms with E-state index in [9.17, 15) is 13.2 Å². The Kier molecular flexibility index (Phi) is 4.48. The van der Waals surface area contributed by atoms with Gasteiger partial charge in [-0.25, -0.2) is 4.98 Å². The quantitative estimate of drug-likeness (QED) is 0.607. The summed E-state index contributed by atoms with van der Waals surface area (Å²) in [4.78, 5) is 3.64.